The summed E-state index contributed by atoms with van der Waals surface area (Å²) in [5.41, 5.74) is 0.253. The minimum Gasteiger partial charge on any atom is -0.459 e. The smallest absolute Gasteiger partial charge is 0.407 e. The maximum absolute atomic E-state index is 12.6. The van der Waals surface area contributed by atoms with Crippen LogP contribution in [0.2, 0.25) is 0 Å². The molecule has 18 heteroatoms. The number of hydrogen-bond donors (Lipinski definition) is 2. The zero-order valence-corrected chi connectivity index (χ0v) is 41.9. The van der Waals surface area contributed by atoms with Crippen LogP contribution in [-0.4, -0.2) is 112 Å². The highest BCUT2D eigenvalue weighted by atomic mass is 16.6. The third-order valence-electron chi connectivity index (χ3n) is 9.89. The Labute approximate surface area is 397 Å². The molecule has 0 aromatic heterocycles. The predicted octanol–water partition coefficient (Wildman–Crippen LogP) is 7.57. The molecule has 0 rings (SSSR count). The summed E-state index contributed by atoms with van der Waals surface area (Å²) in [6, 6.07) is 0. The van der Waals surface area contributed by atoms with Gasteiger partial charge in [0.25, 0.3) is 0 Å². The molecule has 0 fully saturated rings. The molecule has 67 heavy (non-hydrogen) atoms. The second-order valence-corrected chi connectivity index (χ2v) is 19.0. The van der Waals surface area contributed by atoms with E-state index in [0.717, 1.165) is 12.8 Å². The maximum Gasteiger partial charge on any atom is 0.407 e. The second-order valence-electron chi connectivity index (χ2n) is 19.0. The van der Waals surface area contributed by atoms with Crippen LogP contribution in [-0.2, 0) is 66.7 Å². The molecule has 0 aromatic carbocycles. The number of carbonyl (C=O) groups excluding carboxylic acids is 8. The molecule has 2 amide bonds. The van der Waals surface area contributed by atoms with Gasteiger partial charge >= 0.3 is 48.0 Å². The first kappa shape index (κ1) is 61.3. The van der Waals surface area contributed by atoms with Crippen LogP contribution in [0.15, 0.2) is 48.6 Å². The molecule has 3 atom stereocenters. The zero-order chi connectivity index (χ0) is 51.5. The molecule has 0 aromatic rings. The average Bonchev–Trinajstić information content (AvgIpc) is 3.21. The average molecular weight is 951 g/mol. The number of rotatable bonds is 33. The first-order valence-electron chi connectivity index (χ1n) is 22.6. The molecule has 0 saturated heterocycles. The van der Waals surface area contributed by atoms with Crippen LogP contribution >= 0.6 is 0 Å². The largest absolute Gasteiger partial charge is 0.459 e. The van der Waals surface area contributed by atoms with E-state index in [1.807, 2.05) is 27.7 Å². The molecule has 2 N–H and O–H groups in total. The Morgan fingerprint density at radius 3 is 1.37 bits per heavy atom. The second kappa shape index (κ2) is 31.3. The van der Waals surface area contributed by atoms with Gasteiger partial charge < -0.3 is 48.5 Å². The van der Waals surface area contributed by atoms with Crippen molar-refractivity contribution >= 4 is 48.0 Å². The van der Waals surface area contributed by atoms with Crippen molar-refractivity contribution in [1.29, 1.82) is 0 Å². The van der Waals surface area contributed by atoms with Gasteiger partial charge in [-0.25, -0.2) is 28.8 Å². The summed E-state index contributed by atoms with van der Waals surface area (Å²) < 4.78 is 41.9. The number of esters is 6. The van der Waals surface area contributed by atoms with E-state index in [2.05, 4.69) is 50.8 Å². The molecule has 0 aliphatic rings. The topological polar surface area (TPSA) is 234 Å². The zero-order valence-electron chi connectivity index (χ0n) is 41.9. The highest BCUT2D eigenvalue weighted by molar-refractivity contribution is 5.88. The minimum atomic E-state index is -1.05. The van der Waals surface area contributed by atoms with Gasteiger partial charge in [-0.3, -0.25) is 9.59 Å². The lowest BCUT2D eigenvalue weighted by atomic mass is 9.79. The van der Waals surface area contributed by atoms with Crippen LogP contribution in [0.5, 0.6) is 0 Å². The van der Waals surface area contributed by atoms with Crippen molar-refractivity contribution in [2.45, 2.75) is 146 Å². The van der Waals surface area contributed by atoms with Crippen molar-refractivity contribution in [3.05, 3.63) is 48.6 Å². The first-order chi connectivity index (χ1) is 31.0. The summed E-state index contributed by atoms with van der Waals surface area (Å²) >= 11 is 0. The fourth-order valence-corrected chi connectivity index (χ4v) is 6.50. The fourth-order valence-electron chi connectivity index (χ4n) is 6.50. The molecule has 0 aliphatic carbocycles. The Hall–Kier alpha value is -5.68. The molecular formula is C49H78N2O16. The molecule has 18 nitrogen and oxygen atoms in total. The van der Waals surface area contributed by atoms with Crippen LogP contribution in [0, 0.1) is 22.7 Å². The predicted molar refractivity (Wildman–Crippen MR) is 249 cm³/mol. The molecular weight excluding hydrogens is 873 g/mol. The molecule has 0 heterocycles. The standard InChI is InChI=1S/C49H78N2O16/c1-31(2)42(54)60-27-38(28-61-43(55)32(3)4)66-40(52)17-16-20-48(12,13)24-36(10)25-51-46(58)64-26-37(11)65-41(53)19-18-35(9)23-49(14,15)21-22-50-47(59)67-39(29-62-44(56)33(5)6)30-63-45(57)34(7)8/h35-39H,1,3,5,7,16-30H2,2,4,6,8-15H3,(H,50,59)(H,51,58). The molecule has 0 spiro atoms. The number of alkyl carbamates (subject to hydrolysis) is 2. The van der Waals surface area contributed by atoms with Crippen molar-refractivity contribution < 1.29 is 76.3 Å². The summed E-state index contributed by atoms with van der Waals surface area (Å²) in [6.45, 7) is 33.0. The number of carbonyl (C=O) groups is 8. The van der Waals surface area contributed by atoms with Crippen molar-refractivity contribution in [1.82, 2.24) is 10.6 Å². The van der Waals surface area contributed by atoms with E-state index in [4.69, 9.17) is 37.9 Å². The lowest BCUT2D eigenvalue weighted by Crippen LogP contribution is -2.36. The number of amides is 2. The van der Waals surface area contributed by atoms with Gasteiger partial charge in [0.1, 0.15) is 39.1 Å². The van der Waals surface area contributed by atoms with Crippen LogP contribution in [0.25, 0.3) is 0 Å². The Bertz CT molecular complexity index is 1670. The van der Waals surface area contributed by atoms with E-state index in [1.165, 1.54) is 27.7 Å². The normalized spacial score (nSPS) is 12.6. The monoisotopic (exact) mass is 951 g/mol. The Morgan fingerprint density at radius 2 is 0.910 bits per heavy atom. The van der Waals surface area contributed by atoms with Crippen LogP contribution < -0.4 is 10.6 Å². The van der Waals surface area contributed by atoms with E-state index in [1.54, 1.807) is 6.92 Å². The Kier molecular flexibility index (Phi) is 28.7. The lowest BCUT2D eigenvalue weighted by Gasteiger charge is -2.28. The van der Waals surface area contributed by atoms with Crippen molar-refractivity contribution in [2.24, 2.45) is 22.7 Å². The number of ether oxygens (including phenoxy) is 8. The maximum atomic E-state index is 12.6. The summed E-state index contributed by atoms with van der Waals surface area (Å²) in [7, 11) is 0. The Morgan fingerprint density at radius 1 is 0.493 bits per heavy atom. The van der Waals surface area contributed by atoms with Crippen molar-refractivity contribution in [3.8, 4) is 0 Å². The molecule has 0 aliphatic heterocycles. The summed E-state index contributed by atoms with van der Waals surface area (Å²) in [5.74, 6) is -3.43. The highest BCUT2D eigenvalue weighted by Crippen LogP contribution is 2.32. The molecule has 0 bridgehead atoms. The third kappa shape index (κ3) is 31.0. The van der Waals surface area contributed by atoms with Gasteiger partial charge in [0, 0.05) is 48.2 Å². The fraction of sp³-hybridized carbons (Fsp3) is 0.673. The van der Waals surface area contributed by atoms with Crippen LogP contribution in [0.3, 0.4) is 0 Å². The molecule has 0 saturated carbocycles. The van der Waals surface area contributed by atoms with Gasteiger partial charge in [0.05, 0.1) is 0 Å². The quantitative estimate of drug-likeness (QED) is 0.0367. The number of hydrogen-bond acceptors (Lipinski definition) is 16. The first-order valence-corrected chi connectivity index (χ1v) is 22.6. The van der Waals surface area contributed by atoms with E-state index in [0.29, 0.717) is 32.2 Å². The summed E-state index contributed by atoms with van der Waals surface area (Å²) in [6.07, 6.45) is -0.0839. The van der Waals surface area contributed by atoms with Gasteiger partial charge in [-0.1, -0.05) is 67.9 Å². The van der Waals surface area contributed by atoms with E-state index in [9.17, 15) is 38.4 Å². The molecule has 380 valence electrons. The van der Waals surface area contributed by atoms with Gasteiger partial charge in [0.15, 0.2) is 12.2 Å². The number of nitrogens with one attached hydrogen (secondary N) is 2. The van der Waals surface area contributed by atoms with Crippen molar-refractivity contribution in [3.63, 3.8) is 0 Å². The Balaban J connectivity index is 4.62. The lowest BCUT2D eigenvalue weighted by molar-refractivity contribution is -0.164. The summed E-state index contributed by atoms with van der Waals surface area (Å²) in [4.78, 5) is 97.6. The van der Waals surface area contributed by atoms with Gasteiger partial charge in [-0.05, 0) is 95.8 Å². The van der Waals surface area contributed by atoms with Gasteiger partial charge in [-0.2, -0.15) is 0 Å². The van der Waals surface area contributed by atoms with E-state index >= 15 is 0 Å². The van der Waals surface area contributed by atoms with Crippen molar-refractivity contribution in [2.75, 3.05) is 46.1 Å². The van der Waals surface area contributed by atoms with E-state index in [-0.39, 0.29) is 97.4 Å². The minimum absolute atomic E-state index is 0.0654. The van der Waals surface area contributed by atoms with Gasteiger partial charge in [-0.15, -0.1) is 0 Å². The van der Waals surface area contributed by atoms with Crippen LogP contribution in [0.4, 0.5) is 9.59 Å². The molecule has 3 unspecified atom stereocenters. The molecule has 0 radical (unpaired) electrons. The SMILES string of the molecule is C=C(C)C(=O)OCC(COC(=O)C(=C)C)OC(=O)CCCC(C)(C)CC(C)CNC(=O)OCC(C)OC(=O)CCC(C)CC(C)(C)CCNC(=O)OC(COC(=O)C(=C)C)COC(=O)C(=C)C. The van der Waals surface area contributed by atoms with Gasteiger partial charge in [0.2, 0.25) is 0 Å². The van der Waals surface area contributed by atoms with Crippen LogP contribution in [0.1, 0.15) is 128 Å². The third-order valence-corrected chi connectivity index (χ3v) is 9.89. The summed E-state index contributed by atoms with van der Waals surface area (Å²) in [5, 5.41) is 5.43. The highest BCUT2D eigenvalue weighted by Gasteiger charge is 2.26. The van der Waals surface area contributed by atoms with E-state index < -0.39 is 66.3 Å².